The molecule has 58 heavy (non-hydrogen) atoms. The molecule has 1 unspecified atom stereocenters. The average molecular weight is 883 g/mol. The van der Waals surface area contributed by atoms with Gasteiger partial charge in [0.1, 0.15) is 17.3 Å². The molecule has 0 radical (unpaired) electrons. The van der Waals surface area contributed by atoms with Crippen molar-refractivity contribution in [1.82, 2.24) is 19.8 Å². The summed E-state index contributed by atoms with van der Waals surface area (Å²) in [6.07, 6.45) is -17.9. The molecule has 9 nitrogen and oxygen atoms in total. The van der Waals surface area contributed by atoms with E-state index in [1.807, 2.05) is 32.2 Å². The van der Waals surface area contributed by atoms with E-state index in [9.17, 15) is 23.5 Å². The second-order valence-corrected chi connectivity index (χ2v) is 12.9. The molecule has 0 saturated carbocycles. The van der Waals surface area contributed by atoms with Crippen molar-refractivity contribution >= 4 is 47.4 Å². The van der Waals surface area contributed by atoms with Crippen molar-refractivity contribution in [3.63, 3.8) is 0 Å². The predicted octanol–water partition coefficient (Wildman–Crippen LogP) is 8.73. The highest BCUT2D eigenvalue weighted by Crippen LogP contribution is 2.33. The number of aliphatic hydroxyl groups is 1. The van der Waals surface area contributed by atoms with Gasteiger partial charge in [0.05, 0.1) is 23.2 Å². The van der Waals surface area contributed by atoms with E-state index in [1.165, 1.54) is 5.56 Å². The smallest absolute Gasteiger partial charge is 0.253 e. The number of hydrogen-bond acceptors (Lipinski definition) is 7. The summed E-state index contributed by atoms with van der Waals surface area (Å²) >= 11 is 11.2. The Morgan fingerprint density at radius 3 is 1.71 bits per heavy atom. The first-order valence-corrected chi connectivity index (χ1v) is 17.4. The van der Waals surface area contributed by atoms with Gasteiger partial charge in [0.15, 0.2) is 11.7 Å². The van der Waals surface area contributed by atoms with Crippen molar-refractivity contribution in [1.29, 1.82) is 5.26 Å². The maximum atomic E-state index is 16.4. The molecule has 0 aliphatic carbocycles. The molecule has 4 heterocycles. The number of benzene rings is 2. The maximum absolute atomic E-state index is 16.4. The van der Waals surface area contributed by atoms with E-state index in [0.29, 0.717) is 30.4 Å². The van der Waals surface area contributed by atoms with Gasteiger partial charge in [0.25, 0.3) is 11.8 Å². The largest absolute Gasteiger partial charge is 0.375 e. The first kappa shape index (κ1) is 28.2. The molecule has 0 bridgehead atoms. The Kier molecular flexibility index (Phi) is 10.8. The summed E-state index contributed by atoms with van der Waals surface area (Å²) in [5.41, 5.74) is -0.837. The number of piperidine rings is 2. The highest BCUT2D eigenvalue weighted by molar-refractivity contribution is 6.31. The minimum Gasteiger partial charge on any atom is -0.375 e. The number of alkyl halides is 2. The second kappa shape index (κ2) is 22.2. The molecule has 2 fully saturated rings. The van der Waals surface area contributed by atoms with Crippen molar-refractivity contribution < 1.29 is 55.6 Å². The normalized spacial score (nSPS) is 27.8. The van der Waals surface area contributed by atoms with Crippen LogP contribution in [0, 0.1) is 36.8 Å². The molecule has 2 aliphatic heterocycles. The summed E-state index contributed by atoms with van der Waals surface area (Å²) in [6, 6.07) is 12.4. The van der Waals surface area contributed by atoms with Gasteiger partial charge in [-0.05, 0) is 106 Å². The zero-order valence-electron chi connectivity index (χ0n) is 47.5. The number of nitrogens with two attached hydrogens (primary N) is 1. The van der Waals surface area contributed by atoms with Crippen LogP contribution in [0.15, 0.2) is 73.1 Å². The summed E-state index contributed by atoms with van der Waals surface area (Å²) in [5, 5.41) is 17.5. The Labute approximate surface area is 376 Å². The predicted molar refractivity (Wildman–Crippen MR) is 218 cm³/mol. The zero-order chi connectivity index (χ0) is 57.0. The van der Waals surface area contributed by atoms with Crippen molar-refractivity contribution in [2.75, 3.05) is 26.0 Å². The number of carbonyl (C=O) groups is 2. The lowest BCUT2D eigenvalue weighted by Gasteiger charge is -2.37. The number of hydrogen-bond donors (Lipinski definition) is 2. The lowest BCUT2D eigenvalue weighted by atomic mass is 9.87. The van der Waals surface area contributed by atoms with Crippen LogP contribution in [0.2, 0.25) is 10.0 Å². The third-order valence-corrected chi connectivity index (χ3v) is 8.27. The average Bonchev–Trinajstić information content (AvgIpc) is 3.30. The topological polar surface area (TPSA) is 136 Å². The van der Waals surface area contributed by atoms with Gasteiger partial charge in [-0.25, -0.2) is 17.6 Å². The standard InChI is InChI=1S/C21H23ClF2N2O.C14H13ClF2N2O2.C7H10N2.ClH/c1-15-4-6-17(25-14-15)3-2-8-21(24)9-11-26(12-10-21)20(27)16-5-7-19(23)18(22)13-16;15-10-7-9(1-2-11(10)16)13(21)19-5-3-14(17,4-6-19)12(20)8-18;1-6-2-3-7(4-8)9-5-6;/h4-7,13-14H,2-3,8-12H2,1H3;1-2,7,12,20H,3-6H2;2-3,5H,4,8H2,1H3;1H/i9D2,10D2,11D2,12D2;3D2,4D2,5D2,6D2,12D;;. The van der Waals surface area contributed by atoms with Crippen molar-refractivity contribution in [3.05, 3.63) is 128 Å². The fraction of sp³-hybridized carbons (Fsp3) is 0.405. The number of likely N-dealkylation sites (tertiary alicyclic amines) is 2. The minimum atomic E-state index is -4.81. The minimum absolute atomic E-state index is 0. The van der Waals surface area contributed by atoms with Gasteiger partial charge in [-0.1, -0.05) is 35.3 Å². The monoisotopic (exact) mass is 881 g/mol. The highest BCUT2D eigenvalue weighted by Gasteiger charge is 2.42. The molecule has 2 saturated heterocycles. The third-order valence-electron chi connectivity index (χ3n) is 7.69. The van der Waals surface area contributed by atoms with Gasteiger partial charge in [-0.3, -0.25) is 19.6 Å². The second-order valence-electron chi connectivity index (χ2n) is 12.1. The molecular formula is C42H47Cl3F4N6O3. The molecule has 2 aromatic heterocycles. The van der Waals surface area contributed by atoms with E-state index in [-0.39, 0.29) is 30.1 Å². The molecule has 0 spiro atoms. The number of nitriles is 1. The van der Waals surface area contributed by atoms with Crippen LogP contribution in [-0.4, -0.2) is 80.1 Å². The number of carbonyl (C=O) groups excluding carboxylic acids is 2. The molecule has 1 atom stereocenters. The Morgan fingerprint density at radius 2 is 1.31 bits per heavy atom. The fourth-order valence-electron chi connectivity index (χ4n) is 4.49. The SMILES string of the molecule is Cc1ccc(CN)nc1.Cl.[2H]C(O)(C#N)C1(F)C([2H])([2H])C([2H])([2H])N(C(=O)c2ccc(F)c(Cl)c2)C([2H])([2H])C1([2H])[2H].[2H]C1([2H])N(C(=O)c2ccc(F)c(Cl)c2)C([2H])([2H])C([2H])([2H])C(F)(CCCc2ccc(C)cn2)C1([2H])[2H]. The Bertz CT molecular complexity index is 2740. The fourth-order valence-corrected chi connectivity index (χ4v) is 4.85. The number of nitrogens with zero attached hydrogens (tertiary/aromatic N) is 5. The molecule has 3 N–H and O–H groups in total. The molecule has 4 aromatic rings. The molecule has 16 heteroatoms. The summed E-state index contributed by atoms with van der Waals surface area (Å²) in [4.78, 5) is 33.3. The lowest BCUT2D eigenvalue weighted by Crippen LogP contribution is -2.49. The zero-order valence-corrected chi connectivity index (χ0v) is 32.8. The molecule has 312 valence electrons. The summed E-state index contributed by atoms with van der Waals surface area (Å²) < 4.78 is 196. The van der Waals surface area contributed by atoms with Gasteiger partial charge in [0, 0.05) is 96.4 Å². The Balaban J connectivity index is 0.000000337. The van der Waals surface area contributed by atoms with Gasteiger partial charge in [-0.15, -0.1) is 12.4 Å². The van der Waals surface area contributed by atoms with Crippen LogP contribution in [0.3, 0.4) is 0 Å². The van der Waals surface area contributed by atoms with Crippen molar-refractivity contribution in [2.45, 2.75) is 82.6 Å². The Morgan fingerprint density at radius 1 is 0.862 bits per heavy atom. The number of pyridine rings is 2. The van der Waals surface area contributed by atoms with Gasteiger partial charge in [0.2, 0.25) is 0 Å². The first-order chi connectivity index (χ1) is 33.5. The lowest BCUT2D eigenvalue weighted by molar-refractivity contribution is -0.0201. The van der Waals surface area contributed by atoms with E-state index < -0.39 is 125 Å². The molecule has 2 amide bonds. The Hall–Kier alpha value is -4.32. The molecule has 2 aliphatic rings. The summed E-state index contributed by atoms with van der Waals surface area (Å²) in [5.74, 6) is -5.16. The van der Waals surface area contributed by atoms with Crippen LogP contribution in [-0.2, 0) is 13.0 Å². The molecule has 6 rings (SSSR count). The van der Waals surface area contributed by atoms with Crippen LogP contribution in [0.25, 0.3) is 0 Å². The van der Waals surface area contributed by atoms with Crippen LogP contribution in [0.1, 0.15) is 105 Å². The van der Waals surface area contributed by atoms with Crippen molar-refractivity contribution in [2.24, 2.45) is 5.73 Å². The maximum Gasteiger partial charge on any atom is 0.253 e. The molecular weight excluding hydrogens is 819 g/mol. The summed E-state index contributed by atoms with van der Waals surface area (Å²) in [6.45, 7) is -11.0. The number of rotatable bonds is 8. The van der Waals surface area contributed by atoms with E-state index in [1.54, 1.807) is 18.3 Å². The van der Waals surface area contributed by atoms with E-state index in [2.05, 4.69) is 9.97 Å². The van der Waals surface area contributed by atoms with Gasteiger partial charge >= 0.3 is 0 Å². The van der Waals surface area contributed by atoms with Crippen LogP contribution < -0.4 is 5.73 Å². The number of amides is 2. The van der Waals surface area contributed by atoms with Gasteiger partial charge in [-0.2, -0.15) is 5.26 Å². The first-order valence-electron chi connectivity index (χ1n) is 25.1. The quantitative estimate of drug-likeness (QED) is 0.134. The van der Waals surface area contributed by atoms with E-state index >= 15 is 8.78 Å². The number of aryl methyl sites for hydroxylation is 3. The van der Waals surface area contributed by atoms with Crippen LogP contribution >= 0.6 is 35.6 Å². The van der Waals surface area contributed by atoms with Gasteiger partial charge < -0.3 is 20.6 Å². The molecule has 2 aromatic carbocycles. The van der Waals surface area contributed by atoms with Crippen LogP contribution in [0.5, 0.6) is 0 Å². The number of halogens is 7. The summed E-state index contributed by atoms with van der Waals surface area (Å²) in [7, 11) is 0. The van der Waals surface area contributed by atoms with E-state index in [4.69, 9.17) is 57.5 Å². The van der Waals surface area contributed by atoms with Crippen molar-refractivity contribution in [3.8, 4) is 6.07 Å². The number of aromatic nitrogens is 2. The third kappa shape index (κ3) is 13.6. The van der Waals surface area contributed by atoms with Crippen LogP contribution in [0.4, 0.5) is 17.6 Å². The highest BCUT2D eigenvalue weighted by atomic mass is 35.5. The van der Waals surface area contributed by atoms with E-state index in [0.717, 1.165) is 35.5 Å².